The van der Waals surface area contributed by atoms with Crippen molar-refractivity contribution in [2.75, 3.05) is 31.1 Å². The molecule has 5 rings (SSSR count). The first-order valence-corrected chi connectivity index (χ1v) is 11.1. The summed E-state index contributed by atoms with van der Waals surface area (Å²) >= 11 is 0. The van der Waals surface area contributed by atoms with Crippen LogP contribution in [0.4, 0.5) is 5.69 Å². The number of carbonyl (C=O) groups excluding carboxylic acids is 1. The van der Waals surface area contributed by atoms with Gasteiger partial charge in [0.05, 0.1) is 11.6 Å². The van der Waals surface area contributed by atoms with E-state index in [1.807, 2.05) is 24.8 Å². The van der Waals surface area contributed by atoms with Crippen LogP contribution < -0.4 is 4.90 Å². The monoisotopic (exact) mass is 414 g/mol. The van der Waals surface area contributed by atoms with Crippen LogP contribution in [-0.2, 0) is 13.1 Å². The van der Waals surface area contributed by atoms with E-state index in [-0.39, 0.29) is 11.9 Å². The highest BCUT2D eigenvalue weighted by molar-refractivity contribution is 5.95. The lowest BCUT2D eigenvalue weighted by Gasteiger charge is -2.43. The smallest absolute Gasteiger partial charge is 0.256 e. The van der Waals surface area contributed by atoms with Crippen LogP contribution in [0.3, 0.4) is 0 Å². The van der Waals surface area contributed by atoms with Crippen LogP contribution in [0.1, 0.15) is 32.9 Å². The van der Waals surface area contributed by atoms with Crippen molar-refractivity contribution in [2.24, 2.45) is 0 Å². The minimum Gasteiger partial charge on any atom is -0.364 e. The highest BCUT2D eigenvalue weighted by Gasteiger charge is 2.34. The van der Waals surface area contributed by atoms with E-state index in [2.05, 4.69) is 69.4 Å². The number of amides is 1. The zero-order valence-electron chi connectivity index (χ0n) is 18.3. The van der Waals surface area contributed by atoms with Gasteiger partial charge in [0, 0.05) is 56.3 Å². The fourth-order valence-electron chi connectivity index (χ4n) is 5.10. The number of hydrogen-bond donors (Lipinski definition) is 1. The van der Waals surface area contributed by atoms with Crippen molar-refractivity contribution in [2.45, 2.75) is 33.0 Å². The molecule has 1 atom stereocenters. The molecule has 0 bridgehead atoms. The Morgan fingerprint density at radius 3 is 2.55 bits per heavy atom. The molecule has 0 radical (unpaired) electrons. The molecule has 5 heteroatoms. The van der Waals surface area contributed by atoms with Crippen molar-refractivity contribution in [3.8, 4) is 0 Å². The third-order valence-corrected chi connectivity index (χ3v) is 6.58. The van der Waals surface area contributed by atoms with Gasteiger partial charge < -0.3 is 14.8 Å². The number of benzene rings is 2. The second kappa shape index (κ2) is 8.23. The van der Waals surface area contributed by atoms with E-state index in [0.29, 0.717) is 6.54 Å². The van der Waals surface area contributed by atoms with Gasteiger partial charge in [-0.25, -0.2) is 0 Å². The summed E-state index contributed by atoms with van der Waals surface area (Å²) in [5, 5.41) is 0. The van der Waals surface area contributed by atoms with Gasteiger partial charge in [0.15, 0.2) is 0 Å². The van der Waals surface area contributed by atoms with Gasteiger partial charge >= 0.3 is 0 Å². The number of piperazine rings is 1. The van der Waals surface area contributed by atoms with E-state index in [9.17, 15) is 4.79 Å². The average Bonchev–Trinajstić information content (AvgIpc) is 3.02. The van der Waals surface area contributed by atoms with E-state index in [1.165, 1.54) is 16.8 Å². The fourth-order valence-corrected chi connectivity index (χ4v) is 5.10. The lowest BCUT2D eigenvalue weighted by atomic mass is 10.1. The van der Waals surface area contributed by atoms with E-state index in [4.69, 9.17) is 0 Å². The minimum absolute atomic E-state index is 0.124. The largest absolute Gasteiger partial charge is 0.364 e. The molecule has 1 aromatic heterocycles. The summed E-state index contributed by atoms with van der Waals surface area (Å²) < 4.78 is 0. The molecule has 0 spiro atoms. The molecule has 2 aliphatic rings. The van der Waals surface area contributed by atoms with Gasteiger partial charge in [-0.1, -0.05) is 48.5 Å². The molecule has 160 valence electrons. The number of carbonyl (C=O) groups is 1. The van der Waals surface area contributed by atoms with Gasteiger partial charge in [-0.3, -0.25) is 9.69 Å². The topological polar surface area (TPSA) is 42.6 Å². The molecule has 2 aromatic carbocycles. The molecule has 1 saturated heterocycles. The molecule has 1 N–H and O–H groups in total. The summed E-state index contributed by atoms with van der Waals surface area (Å²) in [5.41, 5.74) is 6.64. The third kappa shape index (κ3) is 3.98. The van der Waals surface area contributed by atoms with Crippen LogP contribution in [-0.4, -0.2) is 52.9 Å². The van der Waals surface area contributed by atoms with Crippen LogP contribution in [0.25, 0.3) is 0 Å². The molecule has 0 aliphatic carbocycles. The number of rotatable bonds is 3. The third-order valence-electron chi connectivity index (χ3n) is 6.58. The molecule has 3 heterocycles. The lowest BCUT2D eigenvalue weighted by Crippen LogP contribution is -2.56. The number of hydrogen-bond acceptors (Lipinski definition) is 3. The zero-order valence-corrected chi connectivity index (χ0v) is 18.3. The van der Waals surface area contributed by atoms with E-state index in [1.54, 1.807) is 0 Å². The molecule has 1 amide bonds. The first kappa shape index (κ1) is 19.9. The van der Waals surface area contributed by atoms with Gasteiger partial charge in [0.1, 0.15) is 0 Å². The molecule has 2 aliphatic heterocycles. The van der Waals surface area contributed by atoms with Crippen molar-refractivity contribution in [3.63, 3.8) is 0 Å². The first-order valence-electron chi connectivity index (χ1n) is 11.1. The summed E-state index contributed by atoms with van der Waals surface area (Å²) in [6.45, 7) is 9.32. The Morgan fingerprint density at radius 2 is 1.77 bits per heavy atom. The van der Waals surface area contributed by atoms with Crippen molar-refractivity contribution in [1.29, 1.82) is 0 Å². The molecule has 1 fully saturated rings. The summed E-state index contributed by atoms with van der Waals surface area (Å²) in [6, 6.07) is 21.5. The van der Waals surface area contributed by atoms with Gasteiger partial charge in [-0.2, -0.15) is 0 Å². The fraction of sp³-hybridized carbons (Fsp3) is 0.346. The number of fused-ring (bicyclic) bond motifs is 3. The predicted octanol–water partition coefficient (Wildman–Crippen LogP) is 3.98. The summed E-state index contributed by atoms with van der Waals surface area (Å²) in [5.74, 6) is 0.124. The summed E-state index contributed by atoms with van der Waals surface area (Å²) in [6.07, 6.45) is 0. The van der Waals surface area contributed by atoms with Gasteiger partial charge in [-0.05, 0) is 37.1 Å². The zero-order chi connectivity index (χ0) is 21.4. The quantitative estimate of drug-likeness (QED) is 0.705. The Balaban J connectivity index is 1.43. The van der Waals surface area contributed by atoms with E-state index >= 15 is 0 Å². The van der Waals surface area contributed by atoms with Crippen LogP contribution in [0, 0.1) is 13.8 Å². The van der Waals surface area contributed by atoms with Crippen LogP contribution >= 0.6 is 0 Å². The molecular formula is C26H30N4O. The Hall–Kier alpha value is -3.05. The number of aryl methyl sites for hydroxylation is 2. The van der Waals surface area contributed by atoms with Crippen LogP contribution in [0.15, 0.2) is 60.7 Å². The van der Waals surface area contributed by atoms with Crippen molar-refractivity contribution in [3.05, 3.63) is 88.7 Å². The average molecular weight is 415 g/mol. The maximum absolute atomic E-state index is 13.5. The minimum atomic E-state index is 0.124. The highest BCUT2D eigenvalue weighted by atomic mass is 16.2. The Kier molecular flexibility index (Phi) is 5.28. The normalized spacial score (nSPS) is 19.0. The van der Waals surface area contributed by atoms with Gasteiger partial charge in [0.25, 0.3) is 5.91 Å². The Morgan fingerprint density at radius 1 is 1.00 bits per heavy atom. The Labute approximate surface area is 184 Å². The molecule has 1 unspecified atom stereocenters. The standard InChI is InChI=1S/C26H30N4O/c1-19-14-24(20(2)27-19)26(31)29-16-22-10-6-7-11-25(22)30-13-12-28(17-23(30)18-29)15-21-8-4-3-5-9-21/h3-11,14,23,27H,12-13,15-18H2,1-2H3. The number of H-pyrrole nitrogens is 1. The maximum atomic E-state index is 13.5. The molecule has 5 nitrogen and oxygen atoms in total. The van der Waals surface area contributed by atoms with E-state index in [0.717, 1.165) is 49.7 Å². The van der Waals surface area contributed by atoms with Gasteiger partial charge in [-0.15, -0.1) is 0 Å². The van der Waals surface area contributed by atoms with E-state index < -0.39 is 0 Å². The second-order valence-corrected chi connectivity index (χ2v) is 8.87. The first-order chi connectivity index (χ1) is 15.1. The van der Waals surface area contributed by atoms with Crippen molar-refractivity contribution < 1.29 is 4.79 Å². The van der Waals surface area contributed by atoms with Gasteiger partial charge in [0.2, 0.25) is 0 Å². The SMILES string of the molecule is Cc1cc(C(=O)N2Cc3ccccc3N3CCN(Cc4ccccc4)CC3C2)c(C)[nH]1. The number of nitrogens with one attached hydrogen (secondary N) is 1. The number of anilines is 1. The Bertz CT molecular complexity index is 1070. The molecule has 0 saturated carbocycles. The number of aromatic nitrogens is 1. The number of aromatic amines is 1. The molecular weight excluding hydrogens is 384 g/mol. The molecule has 31 heavy (non-hydrogen) atoms. The maximum Gasteiger partial charge on any atom is 0.256 e. The lowest BCUT2D eigenvalue weighted by molar-refractivity contribution is 0.0718. The van der Waals surface area contributed by atoms with Crippen LogP contribution in [0.5, 0.6) is 0 Å². The van der Waals surface area contributed by atoms with Crippen molar-refractivity contribution in [1.82, 2.24) is 14.8 Å². The van der Waals surface area contributed by atoms with Crippen LogP contribution in [0.2, 0.25) is 0 Å². The number of nitrogens with zero attached hydrogens (tertiary/aromatic N) is 3. The second-order valence-electron chi connectivity index (χ2n) is 8.87. The van der Waals surface area contributed by atoms with Crippen molar-refractivity contribution >= 4 is 11.6 Å². The highest BCUT2D eigenvalue weighted by Crippen LogP contribution is 2.31. The number of para-hydroxylation sites is 1. The summed E-state index contributed by atoms with van der Waals surface area (Å²) in [4.78, 5) is 23.9. The predicted molar refractivity (Wildman–Crippen MR) is 124 cm³/mol. The summed E-state index contributed by atoms with van der Waals surface area (Å²) in [7, 11) is 0. The molecule has 3 aromatic rings.